The maximum atomic E-state index is 11.6. The van der Waals surface area contributed by atoms with Gasteiger partial charge in [-0.2, -0.15) is 15.3 Å². The summed E-state index contributed by atoms with van der Waals surface area (Å²) >= 11 is 6.04. The van der Waals surface area contributed by atoms with Gasteiger partial charge < -0.3 is 9.84 Å². The first-order valence-corrected chi connectivity index (χ1v) is 19.7. The molecule has 0 saturated heterocycles. The van der Waals surface area contributed by atoms with Crippen LogP contribution in [0.1, 0.15) is 134 Å². The fraction of sp³-hybridized carbons (Fsp3) is 0.395. The first-order valence-electron chi connectivity index (χ1n) is 19.1. The van der Waals surface area contributed by atoms with E-state index in [-0.39, 0.29) is 5.75 Å². The smallest absolute Gasteiger partial charge is 0.156 e. The van der Waals surface area contributed by atoms with Gasteiger partial charge in [0, 0.05) is 48.2 Å². The number of nitrogens with zero attached hydrogens (tertiary/aromatic N) is 6. The van der Waals surface area contributed by atoms with Gasteiger partial charge in [0.25, 0.3) is 0 Å². The number of hydrogen-bond acceptors (Lipinski definition) is 8. The van der Waals surface area contributed by atoms with Crippen LogP contribution >= 0.6 is 11.6 Å². The molecule has 2 aliphatic carbocycles. The zero-order chi connectivity index (χ0) is 38.9. The summed E-state index contributed by atoms with van der Waals surface area (Å²) in [7, 11) is 0. The molecule has 288 valence electrons. The van der Waals surface area contributed by atoms with Gasteiger partial charge in [-0.3, -0.25) is 29.0 Å². The molecule has 0 spiro atoms. The molecule has 4 heterocycles. The van der Waals surface area contributed by atoms with Crippen molar-refractivity contribution >= 4 is 52.4 Å². The van der Waals surface area contributed by atoms with Crippen molar-refractivity contribution in [1.82, 2.24) is 29.8 Å². The molecule has 0 radical (unpaired) electrons. The van der Waals surface area contributed by atoms with Crippen LogP contribution in [0.5, 0.6) is 11.5 Å². The van der Waals surface area contributed by atoms with Crippen molar-refractivity contribution in [3.05, 3.63) is 99.8 Å². The van der Waals surface area contributed by atoms with E-state index in [0.717, 1.165) is 54.9 Å². The van der Waals surface area contributed by atoms with Crippen molar-refractivity contribution in [3.63, 3.8) is 0 Å². The molecule has 3 aliphatic rings. The zero-order valence-corrected chi connectivity index (χ0v) is 32.9. The molecule has 2 aromatic carbocycles. The summed E-state index contributed by atoms with van der Waals surface area (Å²) in [5, 5.41) is 26.1. The van der Waals surface area contributed by atoms with E-state index < -0.39 is 0 Å². The van der Waals surface area contributed by atoms with Gasteiger partial charge in [0.15, 0.2) is 12.6 Å². The number of phenolic OH excluding ortho intramolecular Hbond substituents is 1. The highest BCUT2D eigenvalue weighted by Crippen LogP contribution is 2.35. The second-order valence-electron chi connectivity index (χ2n) is 14.6. The number of allylic oxidation sites excluding steroid dienone is 3. The summed E-state index contributed by atoms with van der Waals surface area (Å²) in [5.74, 6) is 1.28. The third kappa shape index (κ3) is 8.83. The van der Waals surface area contributed by atoms with Gasteiger partial charge in [-0.15, -0.1) is 11.6 Å². The standard InChI is InChI=1S/C21H24N4O2.C13H19ClN2.C9H7NO2/c1-14(2)25-19(9-10-23-25)17-6-4-3-5-16(17)13-27-20-8-7-15-11-22-24-21(15)18(20)12-26;1-10(2)16-13(7-8-15-16)12-6-4-3-5-11(12)9-14;11-5-8-7-4-10-3-6(7)1-2-9(8)12/h7-12,14H,3-6,13H2,1-2H3,(H,22,24);7-8,10H,3-6,9H2,1-2H3;1-3,5,12H,4H2. The molecule has 1 aliphatic heterocycles. The Balaban J connectivity index is 0.000000155. The number of fused-ring (bicyclic) bond motifs is 2. The second kappa shape index (κ2) is 18.4. The lowest BCUT2D eigenvalue weighted by Crippen LogP contribution is -2.13. The molecule has 3 aromatic heterocycles. The average Bonchev–Trinajstić information content (AvgIpc) is 4.04. The van der Waals surface area contributed by atoms with E-state index in [1.54, 1.807) is 18.5 Å². The number of rotatable bonds is 10. The van der Waals surface area contributed by atoms with Crippen molar-refractivity contribution in [3.8, 4) is 11.5 Å². The molecule has 12 heteroatoms. The molecule has 11 nitrogen and oxygen atoms in total. The summed E-state index contributed by atoms with van der Waals surface area (Å²) < 4.78 is 10.3. The summed E-state index contributed by atoms with van der Waals surface area (Å²) in [6.07, 6.45) is 18.0. The van der Waals surface area contributed by atoms with Gasteiger partial charge in [-0.05, 0) is 143 Å². The number of ether oxygens (including phenoxy) is 1. The second-order valence-corrected chi connectivity index (χ2v) is 14.8. The molecule has 0 saturated carbocycles. The minimum atomic E-state index is 0.0363. The largest absolute Gasteiger partial charge is 0.507 e. The minimum Gasteiger partial charge on any atom is -0.507 e. The molecule has 0 atom stereocenters. The van der Waals surface area contributed by atoms with E-state index in [1.165, 1.54) is 59.0 Å². The summed E-state index contributed by atoms with van der Waals surface area (Å²) in [6.45, 7) is 9.60. The number of benzene rings is 2. The SMILES string of the molecule is CC(C)n1nccc1C1=C(CCl)CCCC1.CC(C)n1nccc1C1=C(COc2ccc3c[nH]nc3c2C=O)CCCC1.O=Cc1c(O)ccc2c1CN=C2. The van der Waals surface area contributed by atoms with Crippen LogP contribution in [0.4, 0.5) is 0 Å². The number of aliphatic imine (C=N–C) groups is 1. The Morgan fingerprint density at radius 2 is 1.44 bits per heavy atom. The molecular weight excluding hydrogens is 714 g/mol. The van der Waals surface area contributed by atoms with Crippen molar-refractivity contribution < 1.29 is 19.4 Å². The Kier molecular flexibility index (Phi) is 13.2. The Labute approximate surface area is 327 Å². The van der Waals surface area contributed by atoms with Crippen LogP contribution in [0.2, 0.25) is 0 Å². The monoisotopic (exact) mass is 763 g/mol. The van der Waals surface area contributed by atoms with Crippen molar-refractivity contribution in [2.75, 3.05) is 12.5 Å². The number of phenols is 1. The Morgan fingerprint density at radius 1 is 0.818 bits per heavy atom. The minimum absolute atomic E-state index is 0.0363. The molecule has 2 N–H and O–H groups in total. The number of nitrogens with one attached hydrogen (secondary N) is 1. The van der Waals surface area contributed by atoms with E-state index in [1.807, 2.05) is 24.5 Å². The molecule has 8 rings (SSSR count). The van der Waals surface area contributed by atoms with Crippen LogP contribution in [0.25, 0.3) is 22.0 Å². The molecule has 0 fully saturated rings. The predicted octanol–water partition coefficient (Wildman–Crippen LogP) is 9.73. The van der Waals surface area contributed by atoms with Crippen LogP contribution < -0.4 is 4.74 Å². The fourth-order valence-corrected chi connectivity index (χ4v) is 7.84. The summed E-state index contributed by atoms with van der Waals surface area (Å²) in [6, 6.07) is 12.0. The lowest BCUT2D eigenvalue weighted by atomic mass is 9.90. The van der Waals surface area contributed by atoms with Gasteiger partial charge in [0.05, 0.1) is 29.1 Å². The molecule has 5 aromatic rings. The molecular formula is C43H50ClN7O4. The number of aromatic amines is 1. The highest BCUT2D eigenvalue weighted by molar-refractivity contribution is 6.20. The van der Waals surface area contributed by atoms with Crippen molar-refractivity contribution in [2.24, 2.45) is 4.99 Å². The van der Waals surface area contributed by atoms with E-state index in [4.69, 9.17) is 16.3 Å². The number of aromatic nitrogens is 6. The van der Waals surface area contributed by atoms with Gasteiger partial charge in [0.2, 0.25) is 0 Å². The topological polar surface area (TPSA) is 140 Å². The number of aromatic hydroxyl groups is 1. The lowest BCUT2D eigenvalue weighted by Gasteiger charge is -2.23. The molecule has 0 amide bonds. The number of aldehydes is 2. The Hall–Kier alpha value is -5.29. The first kappa shape index (κ1) is 39.4. The first-order chi connectivity index (χ1) is 26.7. The number of carbonyl (C=O) groups excluding carboxylic acids is 2. The van der Waals surface area contributed by atoms with E-state index >= 15 is 0 Å². The quantitative estimate of drug-likeness (QED) is 0.107. The third-order valence-electron chi connectivity index (χ3n) is 10.4. The highest BCUT2D eigenvalue weighted by atomic mass is 35.5. The van der Waals surface area contributed by atoms with E-state index in [0.29, 0.717) is 59.8 Å². The van der Waals surface area contributed by atoms with Crippen LogP contribution in [-0.2, 0) is 6.54 Å². The number of carbonyl (C=O) groups is 2. The van der Waals surface area contributed by atoms with Crippen molar-refractivity contribution in [2.45, 2.75) is 97.7 Å². The average molecular weight is 764 g/mol. The van der Waals surface area contributed by atoms with Crippen LogP contribution in [0, 0.1) is 0 Å². The molecule has 55 heavy (non-hydrogen) atoms. The van der Waals surface area contributed by atoms with Gasteiger partial charge in [0.1, 0.15) is 23.6 Å². The maximum Gasteiger partial charge on any atom is 0.156 e. The Morgan fingerprint density at radius 3 is 2.05 bits per heavy atom. The summed E-state index contributed by atoms with van der Waals surface area (Å²) in [5.41, 5.74) is 11.2. The zero-order valence-electron chi connectivity index (χ0n) is 32.1. The maximum absolute atomic E-state index is 11.6. The third-order valence-corrected chi connectivity index (χ3v) is 10.7. The van der Waals surface area contributed by atoms with Crippen LogP contribution in [0.3, 0.4) is 0 Å². The predicted molar refractivity (Wildman–Crippen MR) is 218 cm³/mol. The molecule has 0 bridgehead atoms. The van der Waals surface area contributed by atoms with Crippen molar-refractivity contribution in [1.29, 1.82) is 0 Å². The van der Waals surface area contributed by atoms with Gasteiger partial charge in [-0.25, -0.2) is 0 Å². The van der Waals surface area contributed by atoms with E-state index in [2.05, 4.69) is 74.6 Å². The number of H-pyrrole nitrogens is 1. The number of hydrogen-bond donors (Lipinski definition) is 2. The Bertz CT molecular complexity index is 2220. The highest BCUT2D eigenvalue weighted by Gasteiger charge is 2.21. The summed E-state index contributed by atoms with van der Waals surface area (Å²) in [4.78, 5) is 26.2. The normalized spacial score (nSPS) is 15.2. The number of halogens is 1. The van der Waals surface area contributed by atoms with Gasteiger partial charge in [-0.1, -0.05) is 5.57 Å². The van der Waals surface area contributed by atoms with Crippen LogP contribution in [0.15, 0.2) is 71.1 Å². The van der Waals surface area contributed by atoms with E-state index in [9.17, 15) is 14.7 Å². The molecule has 0 unspecified atom stereocenters. The number of alkyl halides is 1. The fourth-order valence-electron chi connectivity index (χ4n) is 7.54. The van der Waals surface area contributed by atoms with Gasteiger partial charge >= 0.3 is 0 Å². The van der Waals surface area contributed by atoms with Crippen LogP contribution in [-0.4, -0.2) is 66.1 Å². The lowest BCUT2D eigenvalue weighted by molar-refractivity contribution is 0.111.